The lowest BCUT2D eigenvalue weighted by Gasteiger charge is -2.31. The van der Waals surface area contributed by atoms with Gasteiger partial charge in [-0.25, -0.2) is 26.6 Å². The summed E-state index contributed by atoms with van der Waals surface area (Å²) in [6, 6.07) is 11.0. The predicted molar refractivity (Wildman–Crippen MR) is 115 cm³/mol. The summed E-state index contributed by atoms with van der Waals surface area (Å²) in [5.74, 6) is -3.03. The molecule has 0 aliphatic carbocycles. The average molecular weight is 462 g/mol. The molecule has 2 aromatic carbocycles. The maximum absolute atomic E-state index is 14.6. The number of sulfonamides is 1. The van der Waals surface area contributed by atoms with E-state index < -0.39 is 32.4 Å². The topological polar surface area (TPSA) is 74.3 Å². The number of aromatic nitrogens is 1. The van der Waals surface area contributed by atoms with Gasteiger partial charge in [0, 0.05) is 30.5 Å². The quantitative estimate of drug-likeness (QED) is 0.527. The highest BCUT2D eigenvalue weighted by Crippen LogP contribution is 2.26. The Kier molecular flexibility index (Phi) is 6.33. The van der Waals surface area contributed by atoms with Gasteiger partial charge < -0.3 is 5.32 Å². The number of hydrogen-bond acceptors (Lipinski definition) is 5. The Bertz CT molecular complexity index is 1200. The van der Waals surface area contributed by atoms with Crippen molar-refractivity contribution in [3.63, 3.8) is 0 Å². The van der Waals surface area contributed by atoms with Crippen LogP contribution in [0.2, 0.25) is 0 Å². The molecule has 1 saturated heterocycles. The molecule has 0 spiro atoms. The molecule has 0 saturated carbocycles. The van der Waals surface area contributed by atoms with Gasteiger partial charge in [-0.15, -0.1) is 0 Å². The van der Waals surface area contributed by atoms with E-state index in [1.165, 1.54) is 24.4 Å². The third-order valence-corrected chi connectivity index (χ3v) is 6.60. The van der Waals surface area contributed by atoms with Gasteiger partial charge in [0.2, 0.25) is 0 Å². The first-order chi connectivity index (χ1) is 15.3. The molecule has 4 rings (SSSR count). The first-order valence-electron chi connectivity index (χ1n) is 9.99. The largest absolute Gasteiger partial charge is 0.381 e. The zero-order valence-corrected chi connectivity index (χ0v) is 17.8. The van der Waals surface area contributed by atoms with Crippen LogP contribution in [-0.2, 0) is 23.1 Å². The average Bonchev–Trinajstić information content (AvgIpc) is 2.69. The summed E-state index contributed by atoms with van der Waals surface area (Å²) < 4.78 is 70.6. The minimum atomic E-state index is -4.54. The van der Waals surface area contributed by atoms with E-state index in [0.717, 1.165) is 37.2 Å². The Hall–Kier alpha value is -3.11. The first-order valence-corrected chi connectivity index (χ1v) is 11.5. The molecule has 10 heteroatoms. The first kappa shape index (κ1) is 22.1. The fraction of sp³-hybridized carbons (Fsp3) is 0.227. The Morgan fingerprint density at radius 3 is 2.34 bits per heavy atom. The van der Waals surface area contributed by atoms with Crippen LogP contribution in [0.25, 0.3) is 0 Å². The Morgan fingerprint density at radius 2 is 1.72 bits per heavy atom. The van der Waals surface area contributed by atoms with Gasteiger partial charge in [-0.3, -0.25) is 9.62 Å². The lowest BCUT2D eigenvalue weighted by atomic mass is 10.0. The second-order valence-corrected chi connectivity index (χ2v) is 9.07. The van der Waals surface area contributed by atoms with Crippen LogP contribution in [0.15, 0.2) is 59.6 Å². The molecule has 2 heterocycles. The number of halogens is 3. The smallest absolute Gasteiger partial charge is 0.268 e. The van der Waals surface area contributed by atoms with E-state index in [2.05, 4.69) is 15.2 Å². The molecule has 0 unspecified atom stereocenters. The van der Waals surface area contributed by atoms with Crippen molar-refractivity contribution in [3.05, 3.63) is 83.3 Å². The highest BCUT2D eigenvalue weighted by molar-refractivity contribution is 7.92. The lowest BCUT2D eigenvalue weighted by Crippen LogP contribution is -2.36. The molecule has 0 bridgehead atoms. The summed E-state index contributed by atoms with van der Waals surface area (Å²) in [5, 5.41) is 2.80. The standard InChI is InChI=1S/C22H21F3N4O2S/c23-18-6-3-5-15(14-29-9-4-10-29)17(18)13-27-16-11-19(24)22(20(25)12-16)32(30,31)28-21-7-1-2-8-26-21/h1-3,5-8,11-12,27H,4,9-10,13-14H2,(H,26,28). The van der Waals surface area contributed by atoms with Crippen LogP contribution < -0.4 is 10.0 Å². The van der Waals surface area contributed by atoms with Gasteiger partial charge in [0.05, 0.1) is 0 Å². The molecular weight excluding hydrogens is 441 g/mol. The van der Waals surface area contributed by atoms with Gasteiger partial charge in [0.15, 0.2) is 4.90 Å². The van der Waals surface area contributed by atoms with Crippen LogP contribution in [0.1, 0.15) is 17.5 Å². The molecule has 0 amide bonds. The highest BCUT2D eigenvalue weighted by Gasteiger charge is 2.26. The normalized spacial score (nSPS) is 14.1. The SMILES string of the molecule is O=S(=O)(Nc1ccccn1)c1c(F)cc(NCc2c(F)cccc2CN2CCC2)cc1F. The minimum Gasteiger partial charge on any atom is -0.381 e. The molecule has 6 nitrogen and oxygen atoms in total. The number of benzene rings is 2. The molecule has 0 radical (unpaired) electrons. The minimum absolute atomic E-state index is 0.00469. The molecule has 1 aliphatic heterocycles. The molecule has 3 aromatic rings. The van der Waals surface area contributed by atoms with Crippen LogP contribution in [0.4, 0.5) is 24.7 Å². The summed E-state index contributed by atoms with van der Waals surface area (Å²) in [6.45, 7) is 2.48. The van der Waals surface area contributed by atoms with E-state index >= 15 is 0 Å². The van der Waals surface area contributed by atoms with E-state index in [1.807, 2.05) is 10.8 Å². The van der Waals surface area contributed by atoms with Crippen LogP contribution >= 0.6 is 0 Å². The molecule has 2 N–H and O–H groups in total. The molecule has 168 valence electrons. The predicted octanol–water partition coefficient (Wildman–Crippen LogP) is 4.12. The Balaban J connectivity index is 1.53. The maximum atomic E-state index is 14.6. The van der Waals surface area contributed by atoms with Crippen molar-refractivity contribution in [2.24, 2.45) is 0 Å². The Labute approximate surface area is 184 Å². The van der Waals surface area contributed by atoms with Crippen LogP contribution in [-0.4, -0.2) is 31.4 Å². The third kappa shape index (κ3) is 4.86. The van der Waals surface area contributed by atoms with E-state index in [1.54, 1.807) is 12.1 Å². The van der Waals surface area contributed by atoms with E-state index in [4.69, 9.17) is 0 Å². The fourth-order valence-electron chi connectivity index (χ4n) is 3.45. The summed E-state index contributed by atoms with van der Waals surface area (Å²) in [7, 11) is -4.54. The molecule has 32 heavy (non-hydrogen) atoms. The van der Waals surface area contributed by atoms with Gasteiger partial charge in [0.1, 0.15) is 23.3 Å². The van der Waals surface area contributed by atoms with Gasteiger partial charge in [-0.2, -0.15) is 0 Å². The van der Waals surface area contributed by atoms with E-state index in [0.29, 0.717) is 12.1 Å². The molecule has 1 fully saturated rings. The number of anilines is 2. The van der Waals surface area contributed by atoms with Crippen molar-refractivity contribution in [3.8, 4) is 0 Å². The molecule has 0 atom stereocenters. The molecular formula is C22H21F3N4O2S. The van der Waals surface area contributed by atoms with E-state index in [9.17, 15) is 21.6 Å². The number of likely N-dealkylation sites (tertiary alicyclic amines) is 1. The summed E-state index contributed by atoms with van der Waals surface area (Å²) >= 11 is 0. The number of rotatable bonds is 8. The zero-order chi connectivity index (χ0) is 22.7. The van der Waals surface area contributed by atoms with Crippen molar-refractivity contribution in [1.82, 2.24) is 9.88 Å². The van der Waals surface area contributed by atoms with Crippen molar-refractivity contribution < 1.29 is 21.6 Å². The van der Waals surface area contributed by atoms with Gasteiger partial charge >= 0.3 is 0 Å². The maximum Gasteiger partial charge on any atom is 0.268 e. The van der Waals surface area contributed by atoms with Crippen molar-refractivity contribution in [1.29, 1.82) is 0 Å². The van der Waals surface area contributed by atoms with Gasteiger partial charge in [0.25, 0.3) is 10.0 Å². The van der Waals surface area contributed by atoms with Crippen molar-refractivity contribution >= 4 is 21.5 Å². The second-order valence-electron chi connectivity index (χ2n) is 7.45. The molecule has 1 aliphatic rings. The number of pyridine rings is 1. The Morgan fingerprint density at radius 1 is 0.969 bits per heavy atom. The lowest BCUT2D eigenvalue weighted by molar-refractivity contribution is 0.172. The van der Waals surface area contributed by atoms with Crippen LogP contribution in [0.5, 0.6) is 0 Å². The summed E-state index contributed by atoms with van der Waals surface area (Å²) in [5.41, 5.74) is 1.18. The summed E-state index contributed by atoms with van der Waals surface area (Å²) in [4.78, 5) is 4.85. The monoisotopic (exact) mass is 462 g/mol. The van der Waals surface area contributed by atoms with Crippen LogP contribution in [0.3, 0.4) is 0 Å². The van der Waals surface area contributed by atoms with Gasteiger partial charge in [-0.1, -0.05) is 18.2 Å². The van der Waals surface area contributed by atoms with Crippen LogP contribution in [0, 0.1) is 17.5 Å². The highest BCUT2D eigenvalue weighted by atomic mass is 32.2. The van der Waals surface area contributed by atoms with Crippen molar-refractivity contribution in [2.45, 2.75) is 24.4 Å². The molecule has 1 aromatic heterocycles. The number of nitrogens with one attached hydrogen (secondary N) is 2. The third-order valence-electron chi connectivity index (χ3n) is 5.20. The fourth-order valence-corrected chi connectivity index (χ4v) is 4.58. The zero-order valence-electron chi connectivity index (χ0n) is 17.0. The van der Waals surface area contributed by atoms with Gasteiger partial charge in [-0.05, 0) is 55.4 Å². The van der Waals surface area contributed by atoms with Crippen molar-refractivity contribution in [2.75, 3.05) is 23.1 Å². The summed E-state index contributed by atoms with van der Waals surface area (Å²) in [6.07, 6.45) is 2.45. The number of nitrogens with zero attached hydrogens (tertiary/aromatic N) is 2. The van der Waals surface area contributed by atoms with E-state index in [-0.39, 0.29) is 18.1 Å². The number of hydrogen-bond donors (Lipinski definition) is 2. The second kappa shape index (κ2) is 9.17.